The zero-order valence-corrected chi connectivity index (χ0v) is 14.3. The highest BCUT2D eigenvalue weighted by atomic mass is 19.2. The molecule has 4 aromatic rings. The minimum absolute atomic E-state index is 0.0309. The monoisotopic (exact) mass is 408 g/mol. The van der Waals surface area contributed by atoms with Crippen LogP contribution in [0, 0.1) is 29.1 Å². The molecule has 0 aliphatic heterocycles. The van der Waals surface area contributed by atoms with Gasteiger partial charge in [0, 0.05) is 5.56 Å². The van der Waals surface area contributed by atoms with Crippen molar-refractivity contribution in [2.75, 3.05) is 0 Å². The highest BCUT2D eigenvalue weighted by molar-refractivity contribution is 5.57. The molecule has 0 fully saturated rings. The van der Waals surface area contributed by atoms with Crippen molar-refractivity contribution >= 4 is 0 Å². The Hall–Kier alpha value is -3.69. The van der Waals surface area contributed by atoms with E-state index >= 15 is 0 Å². The molecular weight excluding hydrogens is 399 g/mol. The van der Waals surface area contributed by atoms with E-state index in [-0.39, 0.29) is 17.4 Å². The zero-order chi connectivity index (χ0) is 20.5. The van der Waals surface area contributed by atoms with E-state index in [1.165, 1.54) is 12.1 Å². The topological polar surface area (TPSA) is 61.3 Å². The number of halogens is 5. The lowest BCUT2D eigenvalue weighted by Gasteiger charge is -2.08. The molecule has 0 bridgehead atoms. The molecule has 2 heterocycles. The summed E-state index contributed by atoms with van der Waals surface area (Å²) in [5.74, 6) is -11.5. The van der Waals surface area contributed by atoms with Crippen LogP contribution >= 0.6 is 0 Å². The predicted octanol–water partition coefficient (Wildman–Crippen LogP) is 5.27. The lowest BCUT2D eigenvalue weighted by Crippen LogP contribution is -2.06. The molecule has 2 aromatic carbocycles. The van der Waals surface area contributed by atoms with Gasteiger partial charge in [-0.15, -0.1) is 0 Å². The minimum atomic E-state index is -2.27. The molecule has 0 aliphatic carbocycles. The molecule has 2 aromatic heterocycles. The van der Waals surface area contributed by atoms with Crippen LogP contribution in [0.3, 0.4) is 0 Å². The van der Waals surface area contributed by atoms with Gasteiger partial charge in [-0.05, 0) is 12.1 Å². The molecule has 0 saturated carbocycles. The molecule has 0 spiro atoms. The van der Waals surface area contributed by atoms with Crippen LogP contribution in [0.2, 0.25) is 0 Å². The summed E-state index contributed by atoms with van der Waals surface area (Å²) in [6.45, 7) is -0.599. The third-order valence-electron chi connectivity index (χ3n) is 3.86. The van der Waals surface area contributed by atoms with Gasteiger partial charge in [-0.2, -0.15) is 13.8 Å². The first-order valence-electron chi connectivity index (χ1n) is 8.08. The molecule has 10 heteroatoms. The first kappa shape index (κ1) is 18.7. The number of nitrogens with zero attached hydrogens (tertiary/aromatic N) is 2. The molecule has 0 aliphatic rings. The first-order valence-corrected chi connectivity index (χ1v) is 8.08. The van der Waals surface area contributed by atoms with E-state index in [9.17, 15) is 22.0 Å². The lowest BCUT2D eigenvalue weighted by molar-refractivity contribution is 0.232. The van der Waals surface area contributed by atoms with Gasteiger partial charge in [0.15, 0.2) is 11.5 Å². The summed E-state index contributed by atoms with van der Waals surface area (Å²) in [4.78, 5) is 4.17. The Morgan fingerprint density at radius 1 is 0.793 bits per heavy atom. The fourth-order valence-corrected chi connectivity index (χ4v) is 2.45. The van der Waals surface area contributed by atoms with Crippen LogP contribution in [-0.4, -0.2) is 10.1 Å². The summed E-state index contributed by atoms with van der Waals surface area (Å²) >= 11 is 0. The average Bonchev–Trinajstić information content (AvgIpc) is 3.41. The Bertz CT molecular complexity index is 1150. The van der Waals surface area contributed by atoms with Gasteiger partial charge in [-0.3, -0.25) is 0 Å². The average molecular weight is 408 g/mol. The van der Waals surface area contributed by atoms with Crippen molar-refractivity contribution in [2.24, 2.45) is 0 Å². The van der Waals surface area contributed by atoms with Gasteiger partial charge in [0.25, 0.3) is 5.89 Å². The Labute approximate surface area is 159 Å². The molecule has 4 rings (SSSR count). The summed E-state index contributed by atoms with van der Waals surface area (Å²) in [5, 5.41) is 3.82. The molecule has 0 atom stereocenters. The van der Waals surface area contributed by atoms with E-state index in [2.05, 4.69) is 10.1 Å². The van der Waals surface area contributed by atoms with Crippen LogP contribution in [0.25, 0.3) is 23.0 Å². The highest BCUT2D eigenvalue weighted by Crippen LogP contribution is 2.30. The van der Waals surface area contributed by atoms with Crippen molar-refractivity contribution in [3.8, 4) is 28.8 Å². The molecule has 29 heavy (non-hydrogen) atoms. The van der Waals surface area contributed by atoms with Crippen LogP contribution in [0.4, 0.5) is 22.0 Å². The van der Waals surface area contributed by atoms with Crippen molar-refractivity contribution < 1.29 is 35.6 Å². The van der Waals surface area contributed by atoms with E-state index < -0.39 is 41.4 Å². The van der Waals surface area contributed by atoms with Crippen LogP contribution in [-0.2, 0) is 6.61 Å². The van der Waals surface area contributed by atoms with Crippen molar-refractivity contribution in [1.82, 2.24) is 10.1 Å². The maximum Gasteiger partial charge on any atom is 0.293 e. The van der Waals surface area contributed by atoms with Crippen molar-refractivity contribution in [1.29, 1.82) is 0 Å². The number of rotatable bonds is 5. The Morgan fingerprint density at radius 2 is 1.45 bits per heavy atom. The van der Waals surface area contributed by atoms with E-state index in [0.717, 1.165) is 0 Å². The number of furan rings is 1. The van der Waals surface area contributed by atoms with E-state index in [1.54, 1.807) is 24.3 Å². The van der Waals surface area contributed by atoms with E-state index in [4.69, 9.17) is 13.7 Å². The molecule has 148 valence electrons. The summed E-state index contributed by atoms with van der Waals surface area (Å²) < 4.78 is 81.9. The molecule has 5 nitrogen and oxygen atoms in total. The zero-order valence-electron chi connectivity index (χ0n) is 14.3. The van der Waals surface area contributed by atoms with Gasteiger partial charge >= 0.3 is 0 Å². The quantitative estimate of drug-likeness (QED) is 0.256. The third-order valence-corrected chi connectivity index (χ3v) is 3.86. The SMILES string of the molecule is Fc1c(F)c(F)c(OCc2ccc(-c3nc(-c4ccccc4)no3)o2)c(F)c1F. The normalized spacial score (nSPS) is 11.1. The van der Waals surface area contributed by atoms with Crippen molar-refractivity contribution in [3.05, 3.63) is 77.3 Å². The summed E-state index contributed by atoms with van der Waals surface area (Å²) in [6, 6.07) is 11.8. The molecular formula is C19H9F5N2O3. The number of aromatic nitrogens is 2. The minimum Gasteiger partial charge on any atom is -0.479 e. The van der Waals surface area contributed by atoms with Gasteiger partial charge in [-0.1, -0.05) is 35.5 Å². The maximum atomic E-state index is 13.6. The first-order chi connectivity index (χ1) is 14.0. The largest absolute Gasteiger partial charge is 0.479 e. The Kier molecular flexibility index (Phi) is 4.75. The smallest absolute Gasteiger partial charge is 0.293 e. The number of ether oxygens (including phenoxy) is 1. The van der Waals surface area contributed by atoms with Gasteiger partial charge in [-0.25, -0.2) is 13.2 Å². The van der Waals surface area contributed by atoms with Crippen LogP contribution in [0.1, 0.15) is 5.76 Å². The molecule has 0 saturated heterocycles. The number of hydrogen-bond donors (Lipinski definition) is 0. The van der Waals surface area contributed by atoms with Gasteiger partial charge < -0.3 is 13.7 Å². The van der Waals surface area contributed by atoms with Crippen LogP contribution in [0.15, 0.2) is 51.4 Å². The van der Waals surface area contributed by atoms with Gasteiger partial charge in [0.05, 0.1) is 0 Å². The van der Waals surface area contributed by atoms with Crippen molar-refractivity contribution in [3.63, 3.8) is 0 Å². The molecule has 0 N–H and O–H groups in total. The Balaban J connectivity index is 1.52. The van der Waals surface area contributed by atoms with Crippen LogP contribution in [0.5, 0.6) is 5.75 Å². The van der Waals surface area contributed by atoms with Crippen molar-refractivity contribution in [2.45, 2.75) is 6.61 Å². The highest BCUT2D eigenvalue weighted by Gasteiger charge is 2.27. The predicted molar refractivity (Wildman–Crippen MR) is 88.0 cm³/mol. The number of benzene rings is 2. The second-order valence-corrected chi connectivity index (χ2v) is 5.74. The standard InChI is InChI=1S/C19H9F5N2O3/c20-12-13(21)15(23)17(16(24)14(12)22)27-8-10-6-7-11(28-10)19-25-18(26-29-19)9-4-2-1-3-5-9/h1-7H,8H2. The fraction of sp³-hybridized carbons (Fsp3) is 0.0526. The molecule has 0 radical (unpaired) electrons. The van der Waals surface area contributed by atoms with Gasteiger partial charge in [0.2, 0.25) is 34.9 Å². The van der Waals surface area contributed by atoms with Gasteiger partial charge in [0.1, 0.15) is 12.4 Å². The summed E-state index contributed by atoms with van der Waals surface area (Å²) in [6.07, 6.45) is 0. The summed E-state index contributed by atoms with van der Waals surface area (Å²) in [7, 11) is 0. The maximum absolute atomic E-state index is 13.6. The van der Waals surface area contributed by atoms with E-state index in [0.29, 0.717) is 11.4 Å². The number of hydrogen-bond acceptors (Lipinski definition) is 5. The third kappa shape index (κ3) is 3.44. The lowest BCUT2D eigenvalue weighted by atomic mass is 10.2. The molecule has 0 unspecified atom stereocenters. The molecule has 0 amide bonds. The second kappa shape index (κ2) is 7.38. The Morgan fingerprint density at radius 3 is 2.14 bits per heavy atom. The van der Waals surface area contributed by atoms with Crippen LogP contribution < -0.4 is 4.74 Å². The fourth-order valence-electron chi connectivity index (χ4n) is 2.45. The second-order valence-electron chi connectivity index (χ2n) is 5.74. The van der Waals surface area contributed by atoms with E-state index in [1.807, 2.05) is 6.07 Å². The summed E-state index contributed by atoms with van der Waals surface area (Å²) in [5.41, 5.74) is 0.712.